The molecule has 5 nitrogen and oxygen atoms in total. The Hall–Kier alpha value is -1.23. The fourth-order valence-corrected chi connectivity index (χ4v) is 2.37. The third-order valence-electron chi connectivity index (χ3n) is 3.40. The van der Waals surface area contributed by atoms with Crippen molar-refractivity contribution < 1.29 is 9.47 Å². The van der Waals surface area contributed by atoms with E-state index in [1.807, 2.05) is 14.0 Å². The zero-order chi connectivity index (χ0) is 12.4. The van der Waals surface area contributed by atoms with Crippen molar-refractivity contribution in [2.45, 2.75) is 44.8 Å². The van der Waals surface area contributed by atoms with Gasteiger partial charge < -0.3 is 15.2 Å². The van der Waals surface area contributed by atoms with Crippen LogP contribution in [-0.2, 0) is 11.8 Å². The molecule has 0 aromatic carbocycles. The van der Waals surface area contributed by atoms with Crippen molar-refractivity contribution >= 4 is 5.69 Å². The van der Waals surface area contributed by atoms with E-state index in [2.05, 4.69) is 5.10 Å². The summed E-state index contributed by atoms with van der Waals surface area (Å²) in [5.41, 5.74) is 7.41. The van der Waals surface area contributed by atoms with Gasteiger partial charge in [0.25, 0.3) is 0 Å². The average molecular weight is 239 g/mol. The van der Waals surface area contributed by atoms with Gasteiger partial charge in [-0.2, -0.15) is 5.10 Å². The summed E-state index contributed by atoms with van der Waals surface area (Å²) in [6.45, 7) is 1.89. The Morgan fingerprint density at radius 3 is 2.65 bits per heavy atom. The van der Waals surface area contributed by atoms with Gasteiger partial charge in [0.05, 0.1) is 11.8 Å². The molecular formula is C12H21N3O2. The van der Waals surface area contributed by atoms with Crippen LogP contribution in [0.2, 0.25) is 0 Å². The first-order valence-electron chi connectivity index (χ1n) is 6.10. The topological polar surface area (TPSA) is 62.3 Å². The van der Waals surface area contributed by atoms with E-state index < -0.39 is 0 Å². The molecule has 1 aromatic heterocycles. The number of nitrogen functional groups attached to an aromatic ring is 1. The van der Waals surface area contributed by atoms with Gasteiger partial charge in [0.15, 0.2) is 0 Å². The molecule has 17 heavy (non-hydrogen) atoms. The van der Waals surface area contributed by atoms with E-state index in [0.29, 0.717) is 17.7 Å². The molecule has 2 atom stereocenters. The summed E-state index contributed by atoms with van der Waals surface area (Å²) in [6.07, 6.45) is 4.75. The smallest absolute Gasteiger partial charge is 0.236 e. The van der Waals surface area contributed by atoms with Crippen molar-refractivity contribution in [2.24, 2.45) is 7.05 Å². The first-order valence-corrected chi connectivity index (χ1v) is 6.10. The fourth-order valence-electron chi connectivity index (χ4n) is 2.37. The Morgan fingerprint density at radius 1 is 1.35 bits per heavy atom. The summed E-state index contributed by atoms with van der Waals surface area (Å²) < 4.78 is 13.1. The molecular weight excluding hydrogens is 218 g/mol. The Balaban J connectivity index is 2.05. The Labute approximate surface area is 102 Å². The minimum absolute atomic E-state index is 0.186. The van der Waals surface area contributed by atoms with Gasteiger partial charge in [0, 0.05) is 20.6 Å². The second-order valence-electron chi connectivity index (χ2n) is 4.69. The standard InChI is InChI=1S/C12H21N3O2/c1-8-11(13)12(15(2)14-8)17-10-6-4-5-9(7-10)16-3/h9-10H,4-7,13H2,1-3H3. The van der Waals surface area contributed by atoms with Crippen molar-refractivity contribution in [2.75, 3.05) is 12.8 Å². The molecule has 0 spiro atoms. The summed E-state index contributed by atoms with van der Waals surface area (Å²) >= 11 is 0. The zero-order valence-corrected chi connectivity index (χ0v) is 10.8. The van der Waals surface area contributed by atoms with Gasteiger partial charge in [0.2, 0.25) is 5.88 Å². The van der Waals surface area contributed by atoms with E-state index >= 15 is 0 Å². The third-order valence-corrected chi connectivity index (χ3v) is 3.40. The minimum atomic E-state index is 0.186. The van der Waals surface area contributed by atoms with E-state index in [0.717, 1.165) is 31.4 Å². The highest BCUT2D eigenvalue weighted by atomic mass is 16.5. The van der Waals surface area contributed by atoms with Crippen LogP contribution in [0.3, 0.4) is 0 Å². The van der Waals surface area contributed by atoms with Crippen LogP contribution in [-0.4, -0.2) is 29.1 Å². The molecule has 2 rings (SSSR count). The maximum absolute atomic E-state index is 5.97. The van der Waals surface area contributed by atoms with Crippen LogP contribution in [0.15, 0.2) is 0 Å². The lowest BCUT2D eigenvalue weighted by atomic mass is 9.95. The van der Waals surface area contributed by atoms with Gasteiger partial charge in [-0.25, -0.2) is 4.68 Å². The molecule has 1 aliphatic rings. The van der Waals surface area contributed by atoms with Gasteiger partial charge >= 0.3 is 0 Å². The van der Waals surface area contributed by atoms with Gasteiger partial charge in [-0.1, -0.05) is 0 Å². The van der Waals surface area contributed by atoms with Crippen molar-refractivity contribution in [3.05, 3.63) is 5.69 Å². The number of ether oxygens (including phenoxy) is 2. The number of anilines is 1. The molecule has 1 aromatic rings. The van der Waals surface area contributed by atoms with E-state index in [9.17, 15) is 0 Å². The van der Waals surface area contributed by atoms with E-state index in [4.69, 9.17) is 15.2 Å². The largest absolute Gasteiger partial charge is 0.473 e. The second-order valence-corrected chi connectivity index (χ2v) is 4.69. The highest BCUT2D eigenvalue weighted by Crippen LogP contribution is 2.29. The molecule has 0 saturated heterocycles. The van der Waals surface area contributed by atoms with Crippen LogP contribution in [0.25, 0.3) is 0 Å². The third kappa shape index (κ3) is 2.54. The summed E-state index contributed by atoms with van der Waals surface area (Å²) in [5, 5.41) is 4.25. The van der Waals surface area contributed by atoms with Crippen LogP contribution in [0.1, 0.15) is 31.4 Å². The molecule has 2 unspecified atom stereocenters. The molecule has 1 aliphatic carbocycles. The Bertz CT molecular complexity index is 389. The fraction of sp³-hybridized carbons (Fsp3) is 0.750. The maximum atomic E-state index is 5.97. The SMILES string of the molecule is COC1CCCC(Oc2c(N)c(C)nn2C)C1. The minimum Gasteiger partial charge on any atom is -0.473 e. The van der Waals surface area contributed by atoms with Crippen LogP contribution >= 0.6 is 0 Å². The molecule has 0 bridgehead atoms. The molecule has 0 aliphatic heterocycles. The van der Waals surface area contributed by atoms with Gasteiger partial charge in [-0.05, 0) is 26.2 Å². The lowest BCUT2D eigenvalue weighted by molar-refractivity contribution is 0.0184. The van der Waals surface area contributed by atoms with Crippen LogP contribution in [0, 0.1) is 6.92 Å². The number of hydrogen-bond acceptors (Lipinski definition) is 4. The molecule has 0 radical (unpaired) electrons. The number of nitrogens with two attached hydrogens (primary N) is 1. The Morgan fingerprint density at radius 2 is 2.06 bits per heavy atom. The second kappa shape index (κ2) is 4.96. The van der Waals surface area contributed by atoms with E-state index in [1.165, 1.54) is 0 Å². The molecule has 96 valence electrons. The average Bonchev–Trinajstić information content (AvgIpc) is 2.56. The molecule has 5 heteroatoms. The predicted molar refractivity (Wildman–Crippen MR) is 66.0 cm³/mol. The van der Waals surface area contributed by atoms with Crippen molar-refractivity contribution in [3.63, 3.8) is 0 Å². The van der Waals surface area contributed by atoms with Crippen LogP contribution in [0.5, 0.6) is 5.88 Å². The molecule has 1 fully saturated rings. The number of rotatable bonds is 3. The number of aryl methyl sites for hydroxylation is 2. The zero-order valence-electron chi connectivity index (χ0n) is 10.8. The summed E-state index contributed by atoms with van der Waals surface area (Å²) in [7, 11) is 3.62. The van der Waals surface area contributed by atoms with Crippen molar-refractivity contribution in [3.8, 4) is 5.88 Å². The van der Waals surface area contributed by atoms with E-state index in [-0.39, 0.29) is 6.10 Å². The molecule has 1 heterocycles. The predicted octanol–water partition coefficient (Wildman–Crippen LogP) is 1.65. The van der Waals surface area contributed by atoms with Crippen molar-refractivity contribution in [1.29, 1.82) is 0 Å². The number of aromatic nitrogens is 2. The highest BCUT2D eigenvalue weighted by Gasteiger charge is 2.25. The van der Waals surface area contributed by atoms with Gasteiger partial charge in [-0.15, -0.1) is 0 Å². The summed E-state index contributed by atoms with van der Waals surface area (Å²) in [4.78, 5) is 0. The lowest BCUT2D eigenvalue weighted by Gasteiger charge is -2.28. The number of nitrogens with zero attached hydrogens (tertiary/aromatic N) is 2. The monoisotopic (exact) mass is 239 g/mol. The quantitative estimate of drug-likeness (QED) is 0.871. The molecule has 2 N–H and O–H groups in total. The molecule has 0 amide bonds. The normalized spacial score (nSPS) is 24.9. The summed E-state index contributed by atoms with van der Waals surface area (Å²) in [5.74, 6) is 0.684. The number of methoxy groups -OCH3 is 1. The van der Waals surface area contributed by atoms with Gasteiger partial charge in [0.1, 0.15) is 11.8 Å². The van der Waals surface area contributed by atoms with Crippen LogP contribution < -0.4 is 10.5 Å². The lowest BCUT2D eigenvalue weighted by Crippen LogP contribution is -2.30. The Kier molecular flexibility index (Phi) is 3.57. The maximum Gasteiger partial charge on any atom is 0.236 e. The first kappa shape index (κ1) is 12.2. The summed E-state index contributed by atoms with van der Waals surface area (Å²) in [6, 6.07) is 0. The van der Waals surface area contributed by atoms with Gasteiger partial charge in [-0.3, -0.25) is 0 Å². The van der Waals surface area contributed by atoms with Crippen LogP contribution in [0.4, 0.5) is 5.69 Å². The highest BCUT2D eigenvalue weighted by molar-refractivity contribution is 5.52. The molecule has 1 saturated carbocycles. The van der Waals surface area contributed by atoms with E-state index in [1.54, 1.807) is 11.8 Å². The first-order chi connectivity index (χ1) is 8.11. The number of hydrogen-bond donors (Lipinski definition) is 1. The van der Waals surface area contributed by atoms with Crippen molar-refractivity contribution in [1.82, 2.24) is 9.78 Å².